The van der Waals surface area contributed by atoms with Crippen LogP contribution in [0.4, 0.5) is 0 Å². The van der Waals surface area contributed by atoms with Crippen molar-refractivity contribution in [3.05, 3.63) is 41.5 Å². The fourth-order valence-corrected chi connectivity index (χ4v) is 1.51. The molecule has 4 nitrogen and oxygen atoms in total. The maximum absolute atomic E-state index is 11.8. The summed E-state index contributed by atoms with van der Waals surface area (Å²) >= 11 is 0. The van der Waals surface area contributed by atoms with Crippen LogP contribution in [0.25, 0.3) is 6.08 Å². The van der Waals surface area contributed by atoms with Gasteiger partial charge in [-0.3, -0.25) is 9.59 Å². The summed E-state index contributed by atoms with van der Waals surface area (Å²) in [5.74, 6) is -0.451. The summed E-state index contributed by atoms with van der Waals surface area (Å²) in [5.41, 5.74) is 1.40. The van der Waals surface area contributed by atoms with Gasteiger partial charge in [0, 0.05) is 18.1 Å². The van der Waals surface area contributed by atoms with E-state index in [1.165, 1.54) is 6.08 Å². The van der Waals surface area contributed by atoms with E-state index in [0.717, 1.165) is 5.56 Å². The van der Waals surface area contributed by atoms with E-state index in [4.69, 9.17) is 10.00 Å². The lowest BCUT2D eigenvalue weighted by Gasteiger charge is -2.02. The fourth-order valence-electron chi connectivity index (χ4n) is 1.51. The van der Waals surface area contributed by atoms with Crippen molar-refractivity contribution >= 4 is 17.8 Å². The van der Waals surface area contributed by atoms with Gasteiger partial charge in [0.25, 0.3) is 0 Å². The molecule has 0 atom stereocenters. The number of ether oxygens (including phenoxy) is 1. The second kappa shape index (κ2) is 7.83. The highest BCUT2D eigenvalue weighted by atomic mass is 16.5. The predicted octanol–water partition coefficient (Wildman–Crippen LogP) is 2.75. The quantitative estimate of drug-likeness (QED) is 0.446. The summed E-state index contributed by atoms with van der Waals surface area (Å²) in [4.78, 5) is 22.9. The van der Waals surface area contributed by atoms with Crippen LogP contribution in [0.2, 0.25) is 0 Å². The molecule has 0 saturated carbocycles. The van der Waals surface area contributed by atoms with Crippen molar-refractivity contribution in [2.75, 3.05) is 6.61 Å². The normalized spacial score (nSPS) is 10.1. The molecule has 0 unspecified atom stereocenters. The number of rotatable bonds is 6. The van der Waals surface area contributed by atoms with E-state index in [9.17, 15) is 9.59 Å². The van der Waals surface area contributed by atoms with Crippen LogP contribution in [0, 0.1) is 11.3 Å². The standard InChI is InChI=1S/C15H15NO3/c1-2-19-15(18)10-9-14(17)13-7-5-12(6-8-13)4-3-11-16/h3-8H,2,9-10H2,1H3. The first-order valence-corrected chi connectivity index (χ1v) is 6.02. The maximum atomic E-state index is 11.8. The highest BCUT2D eigenvalue weighted by Crippen LogP contribution is 2.10. The number of hydrogen-bond donors (Lipinski definition) is 0. The highest BCUT2D eigenvalue weighted by molar-refractivity contribution is 5.97. The Morgan fingerprint density at radius 3 is 2.53 bits per heavy atom. The lowest BCUT2D eigenvalue weighted by atomic mass is 10.0. The van der Waals surface area contributed by atoms with Gasteiger partial charge in [-0.2, -0.15) is 5.26 Å². The van der Waals surface area contributed by atoms with E-state index in [0.29, 0.717) is 12.2 Å². The molecular weight excluding hydrogens is 242 g/mol. The van der Waals surface area contributed by atoms with Gasteiger partial charge >= 0.3 is 5.97 Å². The molecule has 0 spiro atoms. The van der Waals surface area contributed by atoms with E-state index >= 15 is 0 Å². The fraction of sp³-hybridized carbons (Fsp3) is 0.267. The number of hydrogen-bond acceptors (Lipinski definition) is 4. The number of benzene rings is 1. The zero-order chi connectivity index (χ0) is 14.1. The number of allylic oxidation sites excluding steroid dienone is 1. The number of nitrogens with zero attached hydrogens (tertiary/aromatic N) is 1. The van der Waals surface area contributed by atoms with Crippen LogP contribution < -0.4 is 0 Å². The van der Waals surface area contributed by atoms with Gasteiger partial charge in [0.15, 0.2) is 5.78 Å². The lowest BCUT2D eigenvalue weighted by molar-refractivity contribution is -0.143. The molecule has 0 amide bonds. The molecular formula is C15H15NO3. The smallest absolute Gasteiger partial charge is 0.306 e. The van der Waals surface area contributed by atoms with E-state index in [1.54, 1.807) is 37.3 Å². The number of carbonyl (C=O) groups excluding carboxylic acids is 2. The molecule has 0 heterocycles. The Balaban J connectivity index is 2.56. The van der Waals surface area contributed by atoms with Gasteiger partial charge < -0.3 is 4.74 Å². The van der Waals surface area contributed by atoms with Gasteiger partial charge in [-0.15, -0.1) is 0 Å². The van der Waals surface area contributed by atoms with E-state index in [2.05, 4.69) is 0 Å². The summed E-state index contributed by atoms with van der Waals surface area (Å²) in [5, 5.41) is 8.40. The third kappa shape index (κ3) is 5.17. The van der Waals surface area contributed by atoms with Gasteiger partial charge in [-0.1, -0.05) is 24.3 Å². The van der Waals surface area contributed by atoms with Crippen molar-refractivity contribution in [1.82, 2.24) is 0 Å². The van der Waals surface area contributed by atoms with Gasteiger partial charge in [-0.05, 0) is 18.6 Å². The monoisotopic (exact) mass is 257 g/mol. The summed E-state index contributed by atoms with van der Waals surface area (Å²) in [6.45, 7) is 2.06. The second-order valence-corrected chi connectivity index (χ2v) is 3.81. The third-order valence-electron chi connectivity index (χ3n) is 2.44. The molecule has 4 heteroatoms. The molecule has 1 rings (SSSR count). The molecule has 0 bridgehead atoms. The van der Waals surface area contributed by atoms with Crippen LogP contribution in [0.5, 0.6) is 0 Å². The molecule has 0 aromatic heterocycles. The Hall–Kier alpha value is -2.41. The largest absolute Gasteiger partial charge is 0.466 e. The zero-order valence-corrected chi connectivity index (χ0v) is 10.8. The molecule has 0 radical (unpaired) electrons. The first kappa shape index (κ1) is 14.7. The lowest BCUT2D eigenvalue weighted by Crippen LogP contribution is -2.07. The molecule has 0 fully saturated rings. The molecule has 19 heavy (non-hydrogen) atoms. The number of esters is 1. The predicted molar refractivity (Wildman–Crippen MR) is 71.3 cm³/mol. The Kier molecular flexibility index (Phi) is 6.04. The van der Waals surface area contributed by atoms with Gasteiger partial charge in [0.1, 0.15) is 0 Å². The van der Waals surface area contributed by atoms with Crippen LogP contribution in [-0.4, -0.2) is 18.4 Å². The van der Waals surface area contributed by atoms with Gasteiger partial charge in [-0.25, -0.2) is 0 Å². The molecule has 0 saturated heterocycles. The third-order valence-corrected chi connectivity index (χ3v) is 2.44. The summed E-state index contributed by atoms with van der Waals surface area (Å²) in [6.07, 6.45) is 3.28. The molecule has 0 aliphatic carbocycles. The first-order valence-electron chi connectivity index (χ1n) is 6.02. The minimum atomic E-state index is -0.357. The Morgan fingerprint density at radius 1 is 1.26 bits per heavy atom. The SMILES string of the molecule is CCOC(=O)CCC(=O)c1ccc(C=CC#N)cc1. The van der Waals surface area contributed by atoms with Gasteiger partial charge in [0.2, 0.25) is 0 Å². The topological polar surface area (TPSA) is 67.2 Å². The molecule has 1 aromatic carbocycles. The molecule has 98 valence electrons. The first-order chi connectivity index (χ1) is 9.17. The summed E-state index contributed by atoms with van der Waals surface area (Å²) in [7, 11) is 0. The molecule has 0 aliphatic rings. The van der Waals surface area contributed by atoms with Crippen molar-refractivity contribution in [2.24, 2.45) is 0 Å². The minimum Gasteiger partial charge on any atom is -0.466 e. The number of ketones is 1. The van der Waals surface area contributed by atoms with E-state index in [-0.39, 0.29) is 24.6 Å². The minimum absolute atomic E-state index is 0.0936. The summed E-state index contributed by atoms with van der Waals surface area (Å²) in [6, 6.07) is 8.78. The summed E-state index contributed by atoms with van der Waals surface area (Å²) < 4.78 is 4.76. The van der Waals surface area contributed by atoms with Crippen LogP contribution in [0.3, 0.4) is 0 Å². The maximum Gasteiger partial charge on any atom is 0.306 e. The van der Waals surface area contributed by atoms with Crippen LogP contribution in [0.15, 0.2) is 30.3 Å². The van der Waals surface area contributed by atoms with Crippen LogP contribution in [0.1, 0.15) is 35.7 Å². The Labute approximate surface area is 112 Å². The van der Waals surface area contributed by atoms with Crippen molar-refractivity contribution in [3.8, 4) is 6.07 Å². The number of Topliss-reactive ketones (excluding diaryl/α,β-unsaturated/α-hetero) is 1. The Bertz CT molecular complexity index is 509. The van der Waals surface area contributed by atoms with Crippen molar-refractivity contribution in [1.29, 1.82) is 5.26 Å². The zero-order valence-electron chi connectivity index (χ0n) is 10.8. The number of carbonyl (C=O) groups is 2. The highest BCUT2D eigenvalue weighted by Gasteiger charge is 2.09. The van der Waals surface area contributed by atoms with Crippen molar-refractivity contribution in [2.45, 2.75) is 19.8 Å². The van der Waals surface area contributed by atoms with E-state index in [1.807, 2.05) is 6.07 Å². The van der Waals surface area contributed by atoms with Crippen LogP contribution in [-0.2, 0) is 9.53 Å². The number of nitriles is 1. The average molecular weight is 257 g/mol. The molecule has 0 N–H and O–H groups in total. The van der Waals surface area contributed by atoms with Gasteiger partial charge in [0.05, 0.1) is 19.1 Å². The molecule has 0 aliphatic heterocycles. The Morgan fingerprint density at radius 2 is 1.95 bits per heavy atom. The van der Waals surface area contributed by atoms with E-state index < -0.39 is 0 Å². The van der Waals surface area contributed by atoms with Crippen LogP contribution >= 0.6 is 0 Å². The average Bonchev–Trinajstić information content (AvgIpc) is 2.43. The van der Waals surface area contributed by atoms with Crippen molar-refractivity contribution < 1.29 is 14.3 Å². The van der Waals surface area contributed by atoms with Crippen molar-refractivity contribution in [3.63, 3.8) is 0 Å². The molecule has 1 aromatic rings. The second-order valence-electron chi connectivity index (χ2n) is 3.81.